The minimum absolute atomic E-state index is 0. The van der Waals surface area contributed by atoms with E-state index >= 15 is 0 Å². The molecule has 0 radical (unpaired) electrons. The van der Waals surface area contributed by atoms with Gasteiger partial charge < -0.3 is 9.11 Å². The molecule has 0 aliphatic rings. The smallest absolute Gasteiger partial charge is 0.726 e. The van der Waals surface area contributed by atoms with Crippen LogP contribution in [0.25, 0.3) is 0 Å². The molecule has 0 aliphatic carbocycles. The first-order valence-electron chi connectivity index (χ1n) is 40.5. The maximum absolute atomic E-state index is 11.0. The van der Waals surface area contributed by atoms with E-state index in [9.17, 15) is 25.9 Å². The average molecular weight is 1350 g/mol. The summed E-state index contributed by atoms with van der Waals surface area (Å²) in [5.41, 5.74) is 0. The van der Waals surface area contributed by atoms with E-state index in [1.54, 1.807) is 0 Å². The molecule has 0 spiro atoms. The first-order chi connectivity index (χ1) is 44.0. The summed E-state index contributed by atoms with van der Waals surface area (Å²) >= 11 is 0. The summed E-state index contributed by atoms with van der Waals surface area (Å²) < 4.78 is 75.2. The molecule has 91 heavy (non-hydrogen) atoms. The van der Waals surface area contributed by atoms with Crippen LogP contribution < -0.4 is 0 Å². The third-order valence-electron chi connectivity index (χ3n) is 19.0. The van der Waals surface area contributed by atoms with Gasteiger partial charge in [0.25, 0.3) is 0 Å². The van der Waals surface area contributed by atoms with Crippen LogP contribution in [0.2, 0.25) is 0 Å². The summed E-state index contributed by atoms with van der Waals surface area (Å²) in [6.45, 7) is 9.10. The van der Waals surface area contributed by atoms with Crippen LogP contribution in [0.5, 0.6) is 0 Å². The first kappa shape index (κ1) is 95.7. The molecule has 0 amide bonds. The molecule has 2 unspecified atom stereocenters. The van der Waals surface area contributed by atoms with Crippen molar-refractivity contribution in [2.24, 2.45) is 11.8 Å². The van der Waals surface area contributed by atoms with Gasteiger partial charge in [-0.1, -0.05) is 450 Å². The normalized spacial score (nSPS) is 12.7. The molecule has 2 atom stereocenters. The van der Waals surface area contributed by atoms with Gasteiger partial charge in [0.1, 0.15) is 0 Å². The molecule has 0 bridgehead atoms. The van der Waals surface area contributed by atoms with Crippen LogP contribution >= 0.6 is 0 Å². The third-order valence-corrected chi connectivity index (χ3v) is 19.8. The summed E-state index contributed by atoms with van der Waals surface area (Å²) in [5.74, 6) is 0.0304. The van der Waals surface area contributed by atoms with Gasteiger partial charge in [0.15, 0.2) is 0 Å². The second-order valence-corrected chi connectivity index (χ2v) is 30.2. The van der Waals surface area contributed by atoms with E-state index in [0.29, 0.717) is 0 Å². The molecule has 540 valence electrons. The van der Waals surface area contributed by atoms with Crippen molar-refractivity contribution in [1.82, 2.24) is 0 Å². The fourth-order valence-electron chi connectivity index (χ4n) is 12.9. The molecule has 0 heterocycles. The third kappa shape index (κ3) is 90.5. The Labute approximate surface area is 601 Å². The maximum atomic E-state index is 11.0. The summed E-state index contributed by atoms with van der Waals surface area (Å²) in [7, 11) is -9.25. The molecule has 0 saturated heterocycles. The molecular formula is C80H158CaO8S2. The molecule has 0 fully saturated rings. The number of hydrogen-bond donors (Lipinski definition) is 0. The zero-order valence-electron chi connectivity index (χ0n) is 61.8. The summed E-state index contributed by atoms with van der Waals surface area (Å²) in [5, 5.41) is 0. The van der Waals surface area contributed by atoms with Gasteiger partial charge in [0, 0.05) is 11.8 Å². The van der Waals surface area contributed by atoms with Gasteiger partial charge in [-0.3, -0.25) is 8.37 Å². The summed E-state index contributed by atoms with van der Waals surface area (Å²) in [6, 6.07) is 0. The molecule has 0 aromatic rings. The molecule has 8 nitrogen and oxygen atoms in total. The van der Waals surface area contributed by atoms with Crippen LogP contribution in [0.4, 0.5) is 0 Å². The standard InChI is InChI=1S/2C40H80O4S.Ca/c2*1-3-5-7-9-11-13-15-17-19-21-22-24-26-28-30-32-34-36-38-40(39-44-45(41,42)43)37-35-33-31-29-27-25-23-20-18-16-14-12-10-8-6-4-2;/h2*36,38,40H,3-35,37,39H2,1-2H3,(H,41,42,43);/q;;+2/p-2/b2*38-36+;. The zero-order valence-corrected chi connectivity index (χ0v) is 65.6. The van der Waals surface area contributed by atoms with Crippen molar-refractivity contribution in [2.75, 3.05) is 13.2 Å². The topological polar surface area (TPSA) is 133 Å². The molecule has 0 aliphatic heterocycles. The Morgan fingerprint density at radius 1 is 0.242 bits per heavy atom. The Morgan fingerprint density at radius 3 is 0.538 bits per heavy atom. The van der Waals surface area contributed by atoms with Gasteiger partial charge >= 0.3 is 37.7 Å². The van der Waals surface area contributed by atoms with Gasteiger partial charge in [0.05, 0.1) is 13.2 Å². The second-order valence-electron chi connectivity index (χ2n) is 28.1. The van der Waals surface area contributed by atoms with Crippen molar-refractivity contribution in [3.8, 4) is 0 Å². The monoisotopic (exact) mass is 1350 g/mol. The Kier molecular flexibility index (Phi) is 85.3. The van der Waals surface area contributed by atoms with E-state index in [0.717, 1.165) is 38.5 Å². The Balaban J connectivity index is -0.00000168. The van der Waals surface area contributed by atoms with Crippen LogP contribution in [0.15, 0.2) is 24.3 Å². The fraction of sp³-hybridized carbons (Fsp3) is 0.950. The molecule has 0 aromatic heterocycles. The van der Waals surface area contributed by atoms with Crippen LogP contribution in [-0.2, 0) is 29.2 Å². The van der Waals surface area contributed by atoms with Gasteiger partial charge in [-0.05, 0) is 38.5 Å². The van der Waals surface area contributed by atoms with E-state index in [2.05, 4.69) is 60.4 Å². The molecule has 11 heteroatoms. The zero-order chi connectivity index (χ0) is 65.9. The van der Waals surface area contributed by atoms with E-state index in [1.165, 1.54) is 398 Å². The molecule has 0 aromatic carbocycles. The number of allylic oxidation sites excluding steroid dienone is 2. The maximum Gasteiger partial charge on any atom is 2.00 e. The van der Waals surface area contributed by atoms with Gasteiger partial charge in [0.2, 0.25) is 20.8 Å². The van der Waals surface area contributed by atoms with Gasteiger partial charge in [-0.2, -0.15) is 0 Å². The van der Waals surface area contributed by atoms with Crippen LogP contribution in [0, 0.1) is 11.8 Å². The van der Waals surface area contributed by atoms with Crippen molar-refractivity contribution in [3.05, 3.63) is 24.3 Å². The van der Waals surface area contributed by atoms with Gasteiger partial charge in [-0.25, -0.2) is 16.8 Å². The number of unbranched alkanes of at least 4 members (excludes halogenated alkanes) is 62. The van der Waals surface area contributed by atoms with Crippen molar-refractivity contribution in [3.63, 3.8) is 0 Å². The second kappa shape index (κ2) is 81.2. The quantitative estimate of drug-likeness (QED) is 0.0193. The molecule has 0 saturated carbocycles. The van der Waals surface area contributed by atoms with Crippen molar-refractivity contribution < 1.29 is 34.3 Å². The molecule has 0 rings (SSSR count). The first-order valence-corrected chi connectivity index (χ1v) is 43.2. The van der Waals surface area contributed by atoms with E-state index in [4.69, 9.17) is 0 Å². The van der Waals surface area contributed by atoms with Crippen molar-refractivity contribution >= 4 is 58.5 Å². The number of rotatable bonds is 76. The average Bonchev–Trinajstić information content (AvgIpc) is 3.58. The predicted molar refractivity (Wildman–Crippen MR) is 399 cm³/mol. The van der Waals surface area contributed by atoms with E-state index in [1.807, 2.05) is 0 Å². The summed E-state index contributed by atoms with van der Waals surface area (Å²) in [6.07, 6.45) is 99.4. The molecule has 0 N–H and O–H groups in total. The van der Waals surface area contributed by atoms with Crippen molar-refractivity contribution in [1.29, 1.82) is 0 Å². The van der Waals surface area contributed by atoms with Crippen LogP contribution in [0.1, 0.15) is 464 Å². The van der Waals surface area contributed by atoms with E-state index in [-0.39, 0.29) is 62.8 Å². The van der Waals surface area contributed by atoms with Crippen LogP contribution in [-0.4, -0.2) is 76.9 Å². The number of hydrogen-bond acceptors (Lipinski definition) is 8. The Bertz CT molecular complexity index is 1510. The predicted octanol–water partition coefficient (Wildman–Crippen LogP) is 27.5. The van der Waals surface area contributed by atoms with Crippen LogP contribution in [0.3, 0.4) is 0 Å². The van der Waals surface area contributed by atoms with Crippen molar-refractivity contribution in [2.45, 2.75) is 464 Å². The minimum atomic E-state index is -4.63. The largest absolute Gasteiger partial charge is 2.00 e. The fourth-order valence-corrected chi connectivity index (χ4v) is 13.6. The minimum Gasteiger partial charge on any atom is -0.726 e. The Hall–Kier alpha value is 0.480. The molecular weight excluding hydrogens is 1190 g/mol. The summed E-state index contributed by atoms with van der Waals surface area (Å²) in [4.78, 5) is 0. The SMILES string of the molecule is CCCCCCCCCCCCCCCCCC/C=C/C(CCCCCCCCCCCCCCCCCC)COS(=O)(=O)[O-].CCCCCCCCCCCCCCCCCC/C=C/C(CCCCCCCCCCCCCCCCCC)COS(=O)(=O)[O-].[Ca+2]. The van der Waals surface area contributed by atoms with E-state index < -0.39 is 20.8 Å². The van der Waals surface area contributed by atoms with Gasteiger partial charge in [-0.15, -0.1) is 0 Å². The Morgan fingerprint density at radius 2 is 0.385 bits per heavy atom.